The monoisotopic (exact) mass is 163 g/mol. The molecule has 0 bridgehead atoms. The molecule has 1 aromatic heterocycles. The lowest BCUT2D eigenvalue weighted by atomic mass is 10.4. The average Bonchev–Trinajstić information content (AvgIpc) is 2.15. The Morgan fingerprint density at radius 1 is 1.58 bits per heavy atom. The van der Waals surface area contributed by atoms with Crippen LogP contribution in [-0.2, 0) is 0 Å². The van der Waals surface area contributed by atoms with Gasteiger partial charge in [-0.05, 0) is 17.7 Å². The molecule has 0 saturated heterocycles. The topological polar surface area (TPSA) is 64.9 Å². The zero-order valence-corrected chi connectivity index (χ0v) is 6.75. The van der Waals surface area contributed by atoms with Crippen LogP contribution >= 0.6 is 0 Å². The number of nitrogens with zero attached hydrogens (tertiary/aromatic N) is 5. The van der Waals surface area contributed by atoms with Crippen molar-refractivity contribution in [1.82, 2.24) is 4.98 Å². The lowest BCUT2D eigenvalue weighted by Crippen LogP contribution is -2.16. The highest BCUT2D eigenvalue weighted by Crippen LogP contribution is 2.08. The largest absolute Gasteiger partial charge is 0.369 e. The van der Waals surface area contributed by atoms with Gasteiger partial charge in [-0.25, -0.2) is 0 Å². The van der Waals surface area contributed by atoms with Crippen molar-refractivity contribution in [1.29, 1.82) is 0 Å². The molecule has 0 radical (unpaired) electrons. The first kappa shape index (κ1) is 8.36. The fourth-order valence-corrected chi connectivity index (χ4v) is 0.803. The molecule has 0 N–H and O–H groups in total. The Hall–Kier alpha value is -1.74. The van der Waals surface area contributed by atoms with Crippen molar-refractivity contribution in [3.8, 4) is 0 Å². The third-order valence-corrected chi connectivity index (χ3v) is 1.44. The molecule has 1 heterocycles. The van der Waals surface area contributed by atoms with Gasteiger partial charge in [-0.15, -0.1) is 0 Å². The maximum absolute atomic E-state index is 8.08. The smallest absolute Gasteiger partial charge is 0.0964 e. The fraction of sp³-hybridized carbons (Fsp3) is 0.286. The molecule has 5 heteroatoms. The highest BCUT2D eigenvalue weighted by atomic mass is 15.3. The van der Waals surface area contributed by atoms with Crippen molar-refractivity contribution in [2.45, 2.75) is 0 Å². The maximum Gasteiger partial charge on any atom is 0.0964 e. The second-order valence-corrected chi connectivity index (χ2v) is 2.28. The molecule has 0 aliphatic carbocycles. The molecule has 0 unspecified atom stereocenters. The third-order valence-electron chi connectivity index (χ3n) is 1.44. The van der Waals surface area contributed by atoms with Gasteiger partial charge >= 0.3 is 0 Å². The van der Waals surface area contributed by atoms with E-state index in [0.717, 1.165) is 5.69 Å². The van der Waals surface area contributed by atoms with Crippen LogP contribution < -0.4 is 4.90 Å². The Morgan fingerprint density at radius 3 is 2.83 bits per heavy atom. The van der Waals surface area contributed by atoms with E-state index < -0.39 is 0 Å². The summed E-state index contributed by atoms with van der Waals surface area (Å²) in [7, 11) is 1.85. The van der Waals surface area contributed by atoms with Crippen molar-refractivity contribution in [2.24, 2.45) is 5.11 Å². The van der Waals surface area contributed by atoms with Gasteiger partial charge in [0.25, 0.3) is 0 Å². The zero-order valence-electron chi connectivity index (χ0n) is 6.75. The summed E-state index contributed by atoms with van der Waals surface area (Å²) in [5, 5.41) is 3.43. The molecule has 0 amide bonds. The average molecular weight is 163 g/mol. The van der Waals surface area contributed by atoms with E-state index in [9.17, 15) is 0 Å². The summed E-state index contributed by atoms with van der Waals surface area (Å²) in [6.45, 7) is 0.334. The quantitative estimate of drug-likeness (QED) is 0.387. The minimum atomic E-state index is 0.334. The standard InChI is InChI=1S/C7H9N5/c1-12(6-10-11-8)7-2-4-9-5-3-7/h2-5H,6H2,1H3. The molecule has 12 heavy (non-hydrogen) atoms. The molecule has 0 saturated carbocycles. The van der Waals surface area contributed by atoms with Crippen LogP contribution in [0.15, 0.2) is 29.6 Å². The highest BCUT2D eigenvalue weighted by Gasteiger charge is 1.95. The van der Waals surface area contributed by atoms with Gasteiger partial charge in [0.1, 0.15) is 0 Å². The Bertz CT molecular complexity index is 277. The zero-order chi connectivity index (χ0) is 8.81. The summed E-state index contributed by atoms with van der Waals surface area (Å²) in [4.78, 5) is 8.38. The number of azide groups is 1. The maximum atomic E-state index is 8.08. The van der Waals surface area contributed by atoms with E-state index in [1.54, 1.807) is 12.4 Å². The molecule has 5 nitrogen and oxygen atoms in total. The first-order valence-electron chi connectivity index (χ1n) is 3.46. The number of pyridine rings is 1. The van der Waals surface area contributed by atoms with Gasteiger partial charge in [-0.1, -0.05) is 5.11 Å². The lowest BCUT2D eigenvalue weighted by Gasteiger charge is -2.14. The van der Waals surface area contributed by atoms with Crippen LogP contribution in [0.5, 0.6) is 0 Å². The molecule has 1 aromatic rings. The summed E-state index contributed by atoms with van der Waals surface area (Å²) in [6.07, 6.45) is 3.39. The van der Waals surface area contributed by atoms with E-state index in [4.69, 9.17) is 5.53 Å². The number of aromatic nitrogens is 1. The van der Waals surface area contributed by atoms with Crippen LogP contribution in [0.2, 0.25) is 0 Å². The van der Waals surface area contributed by atoms with Crippen LogP contribution in [0.25, 0.3) is 10.4 Å². The SMILES string of the molecule is CN(CN=[N+]=[N-])c1ccncc1. The van der Waals surface area contributed by atoms with Crippen LogP contribution in [-0.4, -0.2) is 18.7 Å². The van der Waals surface area contributed by atoms with Gasteiger partial charge in [-0.2, -0.15) is 0 Å². The normalized spacial score (nSPS) is 8.75. The summed E-state index contributed by atoms with van der Waals surface area (Å²) < 4.78 is 0. The Balaban J connectivity index is 2.65. The first-order valence-corrected chi connectivity index (χ1v) is 3.46. The summed E-state index contributed by atoms with van der Waals surface area (Å²) in [5.41, 5.74) is 9.07. The van der Waals surface area contributed by atoms with E-state index in [-0.39, 0.29) is 0 Å². The Morgan fingerprint density at radius 2 is 2.25 bits per heavy atom. The minimum Gasteiger partial charge on any atom is -0.369 e. The van der Waals surface area contributed by atoms with Crippen LogP contribution in [0, 0.1) is 0 Å². The summed E-state index contributed by atoms with van der Waals surface area (Å²) in [6, 6.07) is 3.71. The van der Waals surface area contributed by atoms with E-state index in [0.29, 0.717) is 6.67 Å². The van der Waals surface area contributed by atoms with Gasteiger partial charge in [0, 0.05) is 30.0 Å². The molecule has 0 aliphatic rings. The lowest BCUT2D eigenvalue weighted by molar-refractivity contribution is 0.921. The molecule has 0 spiro atoms. The van der Waals surface area contributed by atoms with Gasteiger partial charge in [0.05, 0.1) is 6.67 Å². The van der Waals surface area contributed by atoms with Crippen LogP contribution in [0.1, 0.15) is 0 Å². The molecule has 0 fully saturated rings. The van der Waals surface area contributed by atoms with Gasteiger partial charge in [0.15, 0.2) is 0 Å². The molecule has 1 rings (SSSR count). The molecule has 0 atom stereocenters. The minimum absolute atomic E-state index is 0.334. The van der Waals surface area contributed by atoms with Gasteiger partial charge in [0.2, 0.25) is 0 Å². The fourth-order valence-electron chi connectivity index (χ4n) is 0.803. The van der Waals surface area contributed by atoms with E-state index in [1.165, 1.54) is 0 Å². The Kier molecular flexibility index (Phi) is 2.93. The number of anilines is 1. The molecular weight excluding hydrogens is 154 g/mol. The molecule has 62 valence electrons. The second-order valence-electron chi connectivity index (χ2n) is 2.28. The second kappa shape index (κ2) is 4.20. The number of hydrogen-bond acceptors (Lipinski definition) is 3. The Labute approximate surface area is 70.3 Å². The number of hydrogen-bond donors (Lipinski definition) is 0. The number of rotatable bonds is 3. The third kappa shape index (κ3) is 2.14. The van der Waals surface area contributed by atoms with Crippen molar-refractivity contribution in [3.05, 3.63) is 35.0 Å². The molecule has 0 aliphatic heterocycles. The van der Waals surface area contributed by atoms with Gasteiger partial charge < -0.3 is 4.90 Å². The highest BCUT2D eigenvalue weighted by molar-refractivity contribution is 5.43. The summed E-state index contributed by atoms with van der Waals surface area (Å²) in [5.74, 6) is 0. The predicted molar refractivity (Wildman–Crippen MR) is 46.7 cm³/mol. The predicted octanol–water partition coefficient (Wildman–Crippen LogP) is 1.79. The molecular formula is C7H9N5. The van der Waals surface area contributed by atoms with Crippen molar-refractivity contribution in [2.75, 3.05) is 18.6 Å². The van der Waals surface area contributed by atoms with Crippen molar-refractivity contribution >= 4 is 5.69 Å². The summed E-state index contributed by atoms with van der Waals surface area (Å²) >= 11 is 0. The van der Waals surface area contributed by atoms with E-state index >= 15 is 0 Å². The van der Waals surface area contributed by atoms with Gasteiger partial charge in [-0.3, -0.25) is 4.98 Å². The first-order chi connectivity index (χ1) is 5.84. The van der Waals surface area contributed by atoms with Crippen molar-refractivity contribution < 1.29 is 0 Å². The van der Waals surface area contributed by atoms with E-state index in [1.807, 2.05) is 24.1 Å². The van der Waals surface area contributed by atoms with Crippen LogP contribution in [0.4, 0.5) is 5.69 Å². The van der Waals surface area contributed by atoms with Crippen LogP contribution in [0.3, 0.4) is 0 Å². The molecule has 0 aromatic carbocycles. The van der Waals surface area contributed by atoms with E-state index in [2.05, 4.69) is 15.0 Å². The van der Waals surface area contributed by atoms with Crippen molar-refractivity contribution in [3.63, 3.8) is 0 Å².